The molecule has 9 N–H and O–H groups in total. The third-order valence-electron chi connectivity index (χ3n) is 6.28. The predicted octanol–water partition coefficient (Wildman–Crippen LogP) is -0.495. The number of nitrogens with one attached hydrogen (secondary N) is 2. The van der Waals surface area contributed by atoms with Gasteiger partial charge in [0.05, 0.1) is 6.04 Å². The number of carbonyl (C=O) groups is 4. The Bertz CT molecular complexity index is 769. The quantitative estimate of drug-likeness (QED) is 0.104. The number of carboxylic acids is 1. The summed E-state index contributed by atoms with van der Waals surface area (Å²) in [5.74, 6) is -2.59. The summed E-state index contributed by atoms with van der Waals surface area (Å²) in [6.45, 7) is 8.20. The molecule has 5 atom stereocenters. The Morgan fingerprint density at radius 3 is 2.31 bits per heavy atom. The van der Waals surface area contributed by atoms with E-state index in [0.29, 0.717) is 25.8 Å². The molecule has 1 fully saturated rings. The average molecular weight is 498 g/mol. The number of amides is 3. The third kappa shape index (κ3) is 9.71. The SMILES string of the molecule is CCC(C)C(N)C(=O)N1CCCC1C(=O)NC(CCCN=C(N)N)C(=O)NC(CC(C)C)C(=O)O. The molecule has 0 aliphatic carbocycles. The van der Waals surface area contributed by atoms with Gasteiger partial charge in [0.2, 0.25) is 17.7 Å². The second kappa shape index (κ2) is 14.5. The van der Waals surface area contributed by atoms with E-state index >= 15 is 0 Å². The van der Waals surface area contributed by atoms with Crippen molar-refractivity contribution in [3.8, 4) is 0 Å². The van der Waals surface area contributed by atoms with Crippen molar-refractivity contribution in [1.82, 2.24) is 15.5 Å². The Labute approximate surface area is 207 Å². The second-order valence-electron chi connectivity index (χ2n) is 9.64. The number of carboxylic acid groups (broad SMARTS) is 1. The van der Waals surface area contributed by atoms with Crippen LogP contribution in [0, 0.1) is 11.8 Å². The maximum atomic E-state index is 13.2. The number of carbonyl (C=O) groups excluding carboxylic acids is 3. The minimum atomic E-state index is -1.15. The van der Waals surface area contributed by atoms with Crippen molar-refractivity contribution in [1.29, 1.82) is 0 Å². The first kappa shape index (κ1) is 30.1. The van der Waals surface area contributed by atoms with E-state index in [1.54, 1.807) is 0 Å². The summed E-state index contributed by atoms with van der Waals surface area (Å²) in [4.78, 5) is 56.1. The van der Waals surface area contributed by atoms with Crippen molar-refractivity contribution < 1.29 is 24.3 Å². The molecule has 1 saturated heterocycles. The van der Waals surface area contributed by atoms with Gasteiger partial charge < -0.3 is 37.8 Å². The number of nitrogens with zero attached hydrogens (tertiary/aromatic N) is 2. The van der Waals surface area contributed by atoms with Crippen LogP contribution in [-0.2, 0) is 19.2 Å². The third-order valence-corrected chi connectivity index (χ3v) is 6.28. The molecule has 200 valence electrons. The van der Waals surface area contributed by atoms with Crippen LogP contribution in [0.5, 0.6) is 0 Å². The summed E-state index contributed by atoms with van der Waals surface area (Å²) in [5, 5.41) is 14.7. The van der Waals surface area contributed by atoms with Gasteiger partial charge in [-0.25, -0.2) is 4.79 Å². The van der Waals surface area contributed by atoms with Gasteiger partial charge in [0.1, 0.15) is 18.1 Å². The molecule has 0 aromatic carbocycles. The van der Waals surface area contributed by atoms with Gasteiger partial charge in [0, 0.05) is 13.1 Å². The van der Waals surface area contributed by atoms with Crippen molar-refractivity contribution in [2.24, 2.45) is 34.0 Å². The lowest BCUT2D eigenvalue weighted by Gasteiger charge is -2.30. The molecule has 1 aliphatic heterocycles. The Kier molecular flexibility index (Phi) is 12.5. The first-order chi connectivity index (χ1) is 16.4. The van der Waals surface area contributed by atoms with Crippen LogP contribution in [-0.4, -0.2) is 76.9 Å². The first-order valence-corrected chi connectivity index (χ1v) is 12.3. The van der Waals surface area contributed by atoms with Crippen LogP contribution in [0.1, 0.15) is 66.2 Å². The van der Waals surface area contributed by atoms with Gasteiger partial charge in [0.25, 0.3) is 0 Å². The lowest BCUT2D eigenvalue weighted by Crippen LogP contribution is -2.57. The molecule has 35 heavy (non-hydrogen) atoms. The van der Waals surface area contributed by atoms with Crippen molar-refractivity contribution in [2.45, 2.75) is 90.4 Å². The highest BCUT2D eigenvalue weighted by atomic mass is 16.4. The highest BCUT2D eigenvalue weighted by molar-refractivity contribution is 5.94. The van der Waals surface area contributed by atoms with Gasteiger partial charge in [-0.2, -0.15) is 0 Å². The van der Waals surface area contributed by atoms with Crippen LogP contribution in [0.25, 0.3) is 0 Å². The largest absolute Gasteiger partial charge is 0.480 e. The smallest absolute Gasteiger partial charge is 0.326 e. The number of hydrogen-bond donors (Lipinski definition) is 6. The predicted molar refractivity (Wildman–Crippen MR) is 133 cm³/mol. The fourth-order valence-electron chi connectivity index (χ4n) is 4.00. The average Bonchev–Trinajstić information content (AvgIpc) is 3.28. The zero-order chi connectivity index (χ0) is 26.7. The van der Waals surface area contributed by atoms with Crippen molar-refractivity contribution >= 4 is 29.7 Å². The summed E-state index contributed by atoms with van der Waals surface area (Å²) >= 11 is 0. The molecule has 12 nitrogen and oxygen atoms in total. The molecule has 0 bridgehead atoms. The second-order valence-corrected chi connectivity index (χ2v) is 9.64. The van der Waals surface area contributed by atoms with E-state index in [1.165, 1.54) is 4.90 Å². The highest BCUT2D eigenvalue weighted by Crippen LogP contribution is 2.21. The van der Waals surface area contributed by atoms with Gasteiger partial charge in [-0.3, -0.25) is 19.4 Å². The fraction of sp³-hybridized carbons (Fsp3) is 0.783. The Morgan fingerprint density at radius 1 is 1.11 bits per heavy atom. The van der Waals surface area contributed by atoms with Crippen LogP contribution >= 0.6 is 0 Å². The topological polar surface area (TPSA) is 206 Å². The van der Waals surface area contributed by atoms with Crippen molar-refractivity contribution in [3.63, 3.8) is 0 Å². The van der Waals surface area contributed by atoms with Gasteiger partial charge in [-0.1, -0.05) is 34.1 Å². The minimum Gasteiger partial charge on any atom is -0.480 e. The molecule has 0 saturated carbocycles. The molecule has 0 aromatic rings. The maximum absolute atomic E-state index is 13.2. The summed E-state index contributed by atoms with van der Waals surface area (Å²) in [7, 11) is 0. The lowest BCUT2D eigenvalue weighted by molar-refractivity contribution is -0.143. The minimum absolute atomic E-state index is 0.0326. The van der Waals surface area contributed by atoms with Crippen LogP contribution in [0.4, 0.5) is 0 Å². The van der Waals surface area contributed by atoms with Gasteiger partial charge in [-0.05, 0) is 43.9 Å². The molecular weight excluding hydrogens is 454 g/mol. The summed E-state index contributed by atoms with van der Waals surface area (Å²) in [6, 6.07) is -3.54. The Balaban J connectivity index is 2.98. The van der Waals surface area contributed by atoms with E-state index in [2.05, 4.69) is 15.6 Å². The molecule has 3 amide bonds. The van der Waals surface area contributed by atoms with E-state index in [0.717, 1.165) is 6.42 Å². The Morgan fingerprint density at radius 2 is 1.77 bits per heavy atom. The van der Waals surface area contributed by atoms with E-state index in [4.69, 9.17) is 17.2 Å². The molecule has 0 spiro atoms. The Hall–Kier alpha value is -2.89. The molecule has 5 unspecified atom stereocenters. The van der Waals surface area contributed by atoms with Crippen LogP contribution in [0.15, 0.2) is 4.99 Å². The molecule has 0 radical (unpaired) electrons. The number of likely N-dealkylation sites (tertiary alicyclic amines) is 1. The molecule has 1 rings (SSSR count). The monoisotopic (exact) mass is 497 g/mol. The molecule has 1 heterocycles. The van der Waals surface area contributed by atoms with E-state index < -0.39 is 42.0 Å². The summed E-state index contributed by atoms with van der Waals surface area (Å²) < 4.78 is 0. The zero-order valence-electron chi connectivity index (χ0n) is 21.3. The number of hydrogen-bond acceptors (Lipinski definition) is 6. The van der Waals surface area contributed by atoms with Crippen LogP contribution in [0.3, 0.4) is 0 Å². The van der Waals surface area contributed by atoms with Crippen LogP contribution < -0.4 is 27.8 Å². The summed E-state index contributed by atoms with van der Waals surface area (Å²) in [6.07, 6.45) is 2.65. The van der Waals surface area contributed by atoms with E-state index in [1.807, 2.05) is 27.7 Å². The van der Waals surface area contributed by atoms with E-state index in [-0.39, 0.29) is 43.1 Å². The molecular formula is C23H43N7O5. The number of rotatable bonds is 14. The number of nitrogens with two attached hydrogens (primary N) is 3. The normalized spacial score (nSPS) is 18.9. The summed E-state index contributed by atoms with van der Waals surface area (Å²) in [5.41, 5.74) is 16.8. The number of aliphatic imine (C=N–C) groups is 1. The zero-order valence-corrected chi connectivity index (χ0v) is 21.3. The molecule has 0 aromatic heterocycles. The van der Waals surface area contributed by atoms with Crippen molar-refractivity contribution in [2.75, 3.05) is 13.1 Å². The number of aliphatic carboxylic acids is 1. The van der Waals surface area contributed by atoms with Crippen LogP contribution in [0.2, 0.25) is 0 Å². The number of guanidine groups is 1. The molecule has 12 heteroatoms. The van der Waals surface area contributed by atoms with Crippen molar-refractivity contribution in [3.05, 3.63) is 0 Å². The maximum Gasteiger partial charge on any atom is 0.326 e. The molecule has 1 aliphatic rings. The van der Waals surface area contributed by atoms with Gasteiger partial charge in [-0.15, -0.1) is 0 Å². The van der Waals surface area contributed by atoms with Gasteiger partial charge >= 0.3 is 5.97 Å². The lowest BCUT2D eigenvalue weighted by atomic mass is 9.98. The highest BCUT2D eigenvalue weighted by Gasteiger charge is 2.38. The first-order valence-electron chi connectivity index (χ1n) is 12.3. The van der Waals surface area contributed by atoms with Gasteiger partial charge in [0.15, 0.2) is 5.96 Å². The fourth-order valence-corrected chi connectivity index (χ4v) is 4.00. The standard InChI is InChI=1S/C23H43N7O5/c1-5-14(4)18(24)21(33)30-11-7-9-17(30)20(32)28-15(8-6-10-27-23(25)26)19(31)29-16(22(34)35)12-13(2)3/h13-18H,5-12,24H2,1-4H3,(H,28,32)(H,29,31)(H,34,35)(H4,25,26,27). The van der Waals surface area contributed by atoms with E-state index in [9.17, 15) is 24.3 Å².